The zero-order valence-corrected chi connectivity index (χ0v) is 19.6. The zero-order valence-electron chi connectivity index (χ0n) is 16.3. The molecule has 162 valence electrons. The summed E-state index contributed by atoms with van der Waals surface area (Å²) in [5.41, 5.74) is 16.2. The van der Waals surface area contributed by atoms with Gasteiger partial charge in [0.2, 0.25) is 0 Å². The Labute approximate surface area is 203 Å². The van der Waals surface area contributed by atoms with Gasteiger partial charge in [0.15, 0.2) is 0 Å². The van der Waals surface area contributed by atoms with E-state index < -0.39 is 0 Å². The van der Waals surface area contributed by atoms with E-state index in [9.17, 15) is 0 Å². The molecule has 0 atom stereocenters. The number of hydrogen-bond donors (Lipinski definition) is 4. The molecule has 3 heterocycles. The Hall–Kier alpha value is -3.11. The molecule has 0 spiro atoms. The van der Waals surface area contributed by atoms with Crippen molar-refractivity contribution in [3.8, 4) is 21.1 Å². The smallest absolute Gasteiger partial charge is 0.126 e. The highest BCUT2D eigenvalue weighted by molar-refractivity contribution is 7.22. The molecular formula is C21H17Cl2N7S2. The summed E-state index contributed by atoms with van der Waals surface area (Å²) < 4.78 is 1.93. The normalized spacial score (nSPS) is 10.5. The molecule has 3 aromatic heterocycles. The highest BCUT2D eigenvalue weighted by Crippen LogP contribution is 2.39. The number of rotatable bonds is 4. The number of thiazole rings is 2. The Balaban J connectivity index is 0.00000144. The first-order chi connectivity index (χ1) is 14.5. The summed E-state index contributed by atoms with van der Waals surface area (Å²) >= 11 is 3.08. The first-order valence-corrected chi connectivity index (χ1v) is 10.6. The summed E-state index contributed by atoms with van der Waals surface area (Å²) in [5.74, 6) is 0.0733. The van der Waals surface area contributed by atoms with Crippen LogP contribution in [0.5, 0.6) is 0 Å². The largest absolute Gasteiger partial charge is 0.384 e. The van der Waals surface area contributed by atoms with Gasteiger partial charge in [-0.05, 0) is 42.5 Å². The number of hydrogen-bond acceptors (Lipinski definition) is 7. The molecule has 2 aromatic carbocycles. The lowest BCUT2D eigenvalue weighted by Gasteiger charge is -2.02. The van der Waals surface area contributed by atoms with Gasteiger partial charge < -0.3 is 11.5 Å². The van der Waals surface area contributed by atoms with Gasteiger partial charge in [0.25, 0.3) is 0 Å². The van der Waals surface area contributed by atoms with E-state index in [1.807, 2.05) is 36.4 Å². The first-order valence-electron chi connectivity index (χ1n) is 8.94. The number of fused-ring (bicyclic) bond motifs is 2. The van der Waals surface area contributed by atoms with E-state index >= 15 is 0 Å². The van der Waals surface area contributed by atoms with E-state index in [2.05, 4.69) is 4.98 Å². The Bertz CT molecular complexity index is 1360. The molecule has 0 aliphatic heterocycles. The fourth-order valence-corrected chi connectivity index (χ4v) is 5.24. The second-order valence-corrected chi connectivity index (χ2v) is 8.71. The molecule has 0 aliphatic carbocycles. The van der Waals surface area contributed by atoms with Crippen LogP contribution in [0.1, 0.15) is 11.1 Å². The van der Waals surface area contributed by atoms with Gasteiger partial charge in [-0.15, -0.1) is 47.5 Å². The predicted molar refractivity (Wildman–Crippen MR) is 138 cm³/mol. The molecule has 0 radical (unpaired) electrons. The third-order valence-corrected chi connectivity index (χ3v) is 6.78. The van der Waals surface area contributed by atoms with Crippen molar-refractivity contribution in [2.45, 2.75) is 0 Å². The van der Waals surface area contributed by atoms with Crippen LogP contribution in [0.2, 0.25) is 0 Å². The molecule has 5 rings (SSSR count). The molecule has 0 unspecified atom stereocenters. The highest BCUT2D eigenvalue weighted by atomic mass is 35.5. The van der Waals surface area contributed by atoms with Crippen molar-refractivity contribution in [3.63, 3.8) is 0 Å². The van der Waals surface area contributed by atoms with E-state index in [-0.39, 0.29) is 36.5 Å². The predicted octanol–water partition coefficient (Wildman–Crippen LogP) is 5.05. The molecule has 0 saturated heterocycles. The lowest BCUT2D eigenvalue weighted by Crippen LogP contribution is -2.10. The van der Waals surface area contributed by atoms with E-state index in [0.29, 0.717) is 11.1 Å². The average molecular weight is 502 g/mol. The van der Waals surface area contributed by atoms with Crippen LogP contribution in [0.15, 0.2) is 54.9 Å². The number of halogens is 2. The lowest BCUT2D eigenvalue weighted by molar-refractivity contribution is 1.31. The number of pyridine rings is 1. The highest BCUT2D eigenvalue weighted by Gasteiger charge is 2.16. The third kappa shape index (κ3) is 4.15. The summed E-state index contributed by atoms with van der Waals surface area (Å²) in [6.07, 6.45) is 3.54. The minimum absolute atomic E-state index is 0. The van der Waals surface area contributed by atoms with Crippen LogP contribution in [-0.4, -0.2) is 26.6 Å². The van der Waals surface area contributed by atoms with Crippen LogP contribution >= 0.6 is 47.5 Å². The summed E-state index contributed by atoms with van der Waals surface area (Å²) in [7, 11) is 0. The van der Waals surface area contributed by atoms with Crippen molar-refractivity contribution in [3.05, 3.63) is 66.0 Å². The summed E-state index contributed by atoms with van der Waals surface area (Å²) in [5, 5.41) is 17.0. The van der Waals surface area contributed by atoms with E-state index in [0.717, 1.165) is 41.6 Å². The minimum atomic E-state index is 0. The zero-order chi connectivity index (χ0) is 20.8. The summed E-state index contributed by atoms with van der Waals surface area (Å²) in [4.78, 5) is 13.8. The number of nitrogens with zero attached hydrogens (tertiary/aromatic N) is 3. The van der Waals surface area contributed by atoms with Gasteiger partial charge in [-0.3, -0.25) is 15.8 Å². The van der Waals surface area contributed by atoms with Crippen molar-refractivity contribution >= 4 is 79.6 Å². The molecule has 32 heavy (non-hydrogen) atoms. The molecule has 0 bridgehead atoms. The van der Waals surface area contributed by atoms with Crippen molar-refractivity contribution in [2.24, 2.45) is 11.5 Å². The van der Waals surface area contributed by atoms with E-state index in [1.54, 1.807) is 29.8 Å². The van der Waals surface area contributed by atoms with Crippen molar-refractivity contribution in [1.29, 1.82) is 10.8 Å². The van der Waals surface area contributed by atoms with Gasteiger partial charge in [-0.1, -0.05) is 0 Å². The molecule has 5 aromatic rings. The van der Waals surface area contributed by atoms with Crippen LogP contribution in [0.4, 0.5) is 0 Å². The Morgan fingerprint density at radius 3 is 1.72 bits per heavy atom. The molecule has 0 amide bonds. The first kappa shape index (κ1) is 23.6. The van der Waals surface area contributed by atoms with Gasteiger partial charge >= 0.3 is 0 Å². The van der Waals surface area contributed by atoms with Gasteiger partial charge in [0.05, 0.1) is 20.4 Å². The van der Waals surface area contributed by atoms with E-state index in [1.165, 1.54) is 11.3 Å². The molecule has 7 nitrogen and oxygen atoms in total. The molecule has 0 saturated carbocycles. The summed E-state index contributed by atoms with van der Waals surface area (Å²) in [6.45, 7) is 0. The third-order valence-electron chi connectivity index (χ3n) is 4.68. The van der Waals surface area contributed by atoms with Gasteiger partial charge in [-0.2, -0.15) is 0 Å². The number of benzene rings is 2. The van der Waals surface area contributed by atoms with Gasteiger partial charge in [-0.25, -0.2) is 9.97 Å². The van der Waals surface area contributed by atoms with Crippen LogP contribution in [0.3, 0.4) is 0 Å². The monoisotopic (exact) mass is 501 g/mol. The lowest BCUT2D eigenvalue weighted by atomic mass is 10.1. The Kier molecular flexibility index (Phi) is 6.75. The SMILES string of the molecule is Cl.Cl.N=C(N)c1ccc2nc(-c3ccncc3-c3nc4ccc(C(=N)N)cc4s3)sc2c1. The second-order valence-electron chi connectivity index (χ2n) is 6.65. The number of nitrogen functional groups attached to an aromatic ring is 2. The fourth-order valence-electron chi connectivity index (χ4n) is 3.17. The molecular weight excluding hydrogens is 485 g/mol. The summed E-state index contributed by atoms with van der Waals surface area (Å²) in [6, 6.07) is 13.1. The maximum atomic E-state index is 7.65. The van der Waals surface area contributed by atoms with Gasteiger partial charge in [0.1, 0.15) is 21.7 Å². The topological polar surface area (TPSA) is 138 Å². The quantitative estimate of drug-likeness (QED) is 0.201. The number of nitrogens with one attached hydrogen (secondary N) is 2. The van der Waals surface area contributed by atoms with Crippen LogP contribution in [0, 0.1) is 10.8 Å². The second kappa shape index (κ2) is 9.17. The molecule has 11 heteroatoms. The molecule has 6 N–H and O–H groups in total. The fraction of sp³-hybridized carbons (Fsp3) is 0. The van der Waals surface area contributed by atoms with Crippen LogP contribution in [-0.2, 0) is 0 Å². The van der Waals surface area contributed by atoms with E-state index in [4.69, 9.17) is 32.3 Å². The Morgan fingerprint density at radius 1 is 0.719 bits per heavy atom. The van der Waals surface area contributed by atoms with Gasteiger partial charge in [0, 0.05) is 34.6 Å². The number of nitrogens with two attached hydrogens (primary N) is 2. The molecule has 0 aliphatic rings. The van der Waals surface area contributed by atoms with Crippen LogP contribution < -0.4 is 11.5 Å². The maximum Gasteiger partial charge on any atom is 0.126 e. The van der Waals surface area contributed by atoms with Crippen LogP contribution in [0.25, 0.3) is 41.6 Å². The van der Waals surface area contributed by atoms with Crippen molar-refractivity contribution in [2.75, 3.05) is 0 Å². The standard InChI is InChI=1S/C21H15N7S2.2ClH/c22-18(23)10-1-3-14-16(7-10)29-20(27-14)12-5-6-26-9-13(12)21-28-15-4-2-11(19(24)25)8-17(15)30-21;;/h1-9H,(H3,22,23)(H3,24,25);2*1H. The molecule has 0 fully saturated rings. The average Bonchev–Trinajstić information content (AvgIpc) is 3.36. The minimum Gasteiger partial charge on any atom is -0.384 e. The van der Waals surface area contributed by atoms with Crippen molar-refractivity contribution in [1.82, 2.24) is 15.0 Å². The number of amidine groups is 2. The maximum absolute atomic E-state index is 7.65. The Morgan fingerprint density at radius 2 is 1.22 bits per heavy atom. The van der Waals surface area contributed by atoms with Crippen molar-refractivity contribution < 1.29 is 0 Å². The number of aromatic nitrogens is 3.